The first-order valence-corrected chi connectivity index (χ1v) is 21.5. The van der Waals surface area contributed by atoms with Crippen LogP contribution >= 0.6 is 0 Å². The number of hydrogen-bond donors (Lipinski definition) is 1. The molecule has 0 rings (SSSR count). The molecule has 0 bridgehead atoms. The second-order valence-electron chi connectivity index (χ2n) is 15.2. The Bertz CT molecular complexity index is 508. The van der Waals surface area contributed by atoms with Gasteiger partial charge in [-0.1, -0.05) is 206 Å². The third-order valence-electron chi connectivity index (χ3n) is 9.84. The van der Waals surface area contributed by atoms with Crippen molar-refractivity contribution in [2.24, 2.45) is 5.92 Å². The minimum absolute atomic E-state index is 0.366. The van der Waals surface area contributed by atoms with Gasteiger partial charge < -0.3 is 14.6 Å². The molecule has 0 aliphatic carbocycles. The molecule has 0 amide bonds. The topological polar surface area (TPSA) is 38.7 Å². The molecule has 278 valence electrons. The molecule has 0 saturated carbocycles. The Kier molecular flexibility index (Phi) is 42.8. The molecule has 0 aliphatic heterocycles. The lowest BCUT2D eigenvalue weighted by molar-refractivity contribution is 0.125. The van der Waals surface area contributed by atoms with Gasteiger partial charge in [0.15, 0.2) is 0 Å². The van der Waals surface area contributed by atoms with Crippen LogP contribution in [0.1, 0.15) is 239 Å². The van der Waals surface area contributed by atoms with Crippen molar-refractivity contribution in [2.75, 3.05) is 33.0 Å². The number of hydrogen-bond acceptors (Lipinski definition) is 3. The first-order chi connectivity index (χ1) is 22.8. The average molecular weight is 653 g/mol. The highest BCUT2D eigenvalue weighted by Crippen LogP contribution is 2.15. The molecular weight excluding hydrogens is 564 g/mol. The normalized spacial score (nSPS) is 11.7. The summed E-state index contributed by atoms with van der Waals surface area (Å²) in [6.07, 6.45) is 48.0. The molecule has 46 heavy (non-hydrogen) atoms. The maximum Gasteiger partial charge on any atom is 0.0466 e. The summed E-state index contributed by atoms with van der Waals surface area (Å²) in [5.74, 6) is 0.877. The Morgan fingerprint density at radius 3 is 0.696 bits per heavy atom. The molecule has 0 fully saturated rings. The Hall–Kier alpha value is -0.120. The van der Waals surface area contributed by atoms with E-state index in [2.05, 4.69) is 13.8 Å². The molecule has 0 saturated heterocycles. The SMILES string of the molecule is CC(C)CCCCCCCCCCOCCCCCCCCCCCCCCOCCCCCCCCCCCCCCCCO. The van der Waals surface area contributed by atoms with Gasteiger partial charge in [-0.15, -0.1) is 0 Å². The van der Waals surface area contributed by atoms with Crippen LogP contribution in [0.5, 0.6) is 0 Å². The minimum atomic E-state index is 0.366. The molecule has 0 aromatic rings. The van der Waals surface area contributed by atoms with E-state index in [-0.39, 0.29) is 0 Å². The van der Waals surface area contributed by atoms with E-state index in [9.17, 15) is 0 Å². The van der Waals surface area contributed by atoms with Gasteiger partial charge in [-0.2, -0.15) is 0 Å². The van der Waals surface area contributed by atoms with E-state index >= 15 is 0 Å². The summed E-state index contributed by atoms with van der Waals surface area (Å²) in [5, 5.41) is 8.80. The predicted octanol–water partition coefficient (Wildman–Crippen LogP) is 14.3. The highest BCUT2D eigenvalue weighted by Gasteiger charge is 1.98. The van der Waals surface area contributed by atoms with Gasteiger partial charge in [0, 0.05) is 33.0 Å². The fourth-order valence-corrected chi connectivity index (χ4v) is 6.63. The van der Waals surface area contributed by atoms with Crippen molar-refractivity contribution in [3.05, 3.63) is 0 Å². The summed E-state index contributed by atoms with van der Waals surface area (Å²) in [4.78, 5) is 0. The van der Waals surface area contributed by atoms with Crippen molar-refractivity contribution in [2.45, 2.75) is 239 Å². The highest BCUT2D eigenvalue weighted by molar-refractivity contribution is 4.53. The first kappa shape index (κ1) is 45.9. The number of rotatable bonds is 42. The largest absolute Gasteiger partial charge is 0.396 e. The molecular formula is C43H88O3. The van der Waals surface area contributed by atoms with Crippen LogP contribution in [0.25, 0.3) is 0 Å². The lowest BCUT2D eigenvalue weighted by Crippen LogP contribution is -1.97. The van der Waals surface area contributed by atoms with E-state index < -0.39 is 0 Å². The van der Waals surface area contributed by atoms with Crippen molar-refractivity contribution in [3.63, 3.8) is 0 Å². The van der Waals surface area contributed by atoms with Gasteiger partial charge in [0.05, 0.1) is 0 Å². The minimum Gasteiger partial charge on any atom is -0.396 e. The molecule has 0 spiro atoms. The Labute approximate surface area is 291 Å². The van der Waals surface area contributed by atoms with E-state index in [4.69, 9.17) is 14.6 Å². The molecule has 0 atom stereocenters. The maximum absolute atomic E-state index is 8.80. The third kappa shape index (κ3) is 43.9. The van der Waals surface area contributed by atoms with Crippen LogP contribution in [0.3, 0.4) is 0 Å². The van der Waals surface area contributed by atoms with E-state index in [0.717, 1.165) is 38.8 Å². The predicted molar refractivity (Wildman–Crippen MR) is 205 cm³/mol. The quantitative estimate of drug-likeness (QED) is 0.0667. The zero-order valence-corrected chi connectivity index (χ0v) is 32.1. The lowest BCUT2D eigenvalue weighted by Gasteiger charge is -2.06. The van der Waals surface area contributed by atoms with Crippen molar-refractivity contribution in [1.29, 1.82) is 0 Å². The smallest absolute Gasteiger partial charge is 0.0466 e. The van der Waals surface area contributed by atoms with Crippen LogP contribution < -0.4 is 0 Å². The van der Waals surface area contributed by atoms with Crippen molar-refractivity contribution < 1.29 is 14.6 Å². The second-order valence-corrected chi connectivity index (χ2v) is 15.2. The van der Waals surface area contributed by atoms with Crippen LogP contribution in [0.4, 0.5) is 0 Å². The van der Waals surface area contributed by atoms with E-state index in [1.54, 1.807) is 0 Å². The van der Waals surface area contributed by atoms with E-state index in [1.807, 2.05) is 0 Å². The number of aliphatic hydroxyl groups is 1. The van der Waals surface area contributed by atoms with Crippen LogP contribution in [-0.4, -0.2) is 38.1 Å². The summed E-state index contributed by atoms with van der Waals surface area (Å²) < 4.78 is 11.7. The lowest BCUT2D eigenvalue weighted by atomic mass is 10.0. The second kappa shape index (κ2) is 42.9. The average Bonchev–Trinajstić information content (AvgIpc) is 3.05. The van der Waals surface area contributed by atoms with Crippen molar-refractivity contribution in [3.8, 4) is 0 Å². The monoisotopic (exact) mass is 653 g/mol. The molecule has 0 radical (unpaired) electrons. The Balaban J connectivity index is 3.04. The number of aliphatic hydroxyl groups excluding tert-OH is 1. The summed E-state index contributed by atoms with van der Waals surface area (Å²) in [5.41, 5.74) is 0. The van der Waals surface area contributed by atoms with Gasteiger partial charge >= 0.3 is 0 Å². The third-order valence-corrected chi connectivity index (χ3v) is 9.84. The van der Waals surface area contributed by atoms with E-state index in [1.165, 1.54) is 218 Å². The van der Waals surface area contributed by atoms with Crippen molar-refractivity contribution >= 4 is 0 Å². The van der Waals surface area contributed by atoms with Crippen LogP contribution in [0, 0.1) is 5.92 Å². The molecule has 3 heteroatoms. The molecule has 0 aromatic carbocycles. The summed E-state index contributed by atoms with van der Waals surface area (Å²) in [7, 11) is 0. The van der Waals surface area contributed by atoms with Gasteiger partial charge in [-0.3, -0.25) is 0 Å². The van der Waals surface area contributed by atoms with Crippen LogP contribution in [0.2, 0.25) is 0 Å². The van der Waals surface area contributed by atoms with Gasteiger partial charge in [0.25, 0.3) is 0 Å². The van der Waals surface area contributed by atoms with Gasteiger partial charge in [0.2, 0.25) is 0 Å². The summed E-state index contributed by atoms with van der Waals surface area (Å²) in [6.45, 7) is 8.96. The molecule has 3 nitrogen and oxygen atoms in total. The first-order valence-electron chi connectivity index (χ1n) is 21.5. The Morgan fingerprint density at radius 2 is 0.478 bits per heavy atom. The molecule has 0 aromatic heterocycles. The van der Waals surface area contributed by atoms with Gasteiger partial charge in [-0.05, 0) is 38.0 Å². The van der Waals surface area contributed by atoms with Crippen LogP contribution in [-0.2, 0) is 9.47 Å². The fraction of sp³-hybridized carbons (Fsp3) is 1.00. The fourth-order valence-electron chi connectivity index (χ4n) is 6.63. The zero-order chi connectivity index (χ0) is 33.3. The Morgan fingerprint density at radius 1 is 0.283 bits per heavy atom. The van der Waals surface area contributed by atoms with Crippen LogP contribution in [0.15, 0.2) is 0 Å². The molecule has 1 N–H and O–H groups in total. The maximum atomic E-state index is 8.80. The van der Waals surface area contributed by atoms with E-state index in [0.29, 0.717) is 6.61 Å². The number of ether oxygens (including phenoxy) is 2. The molecule has 0 aliphatic rings. The van der Waals surface area contributed by atoms with Crippen molar-refractivity contribution in [1.82, 2.24) is 0 Å². The van der Waals surface area contributed by atoms with Gasteiger partial charge in [0.1, 0.15) is 0 Å². The molecule has 0 heterocycles. The standard InChI is InChI=1S/C43H88O3/c1-43(2)37-31-25-19-13-18-24-30-36-42-46-41-35-29-23-17-12-8-7-11-16-22-28-34-40-45-39-33-27-21-15-10-6-4-3-5-9-14-20-26-32-38-44/h43-44H,3-42H2,1-2H3. The summed E-state index contributed by atoms with van der Waals surface area (Å²) >= 11 is 0. The summed E-state index contributed by atoms with van der Waals surface area (Å²) in [6, 6.07) is 0. The van der Waals surface area contributed by atoms with Gasteiger partial charge in [-0.25, -0.2) is 0 Å². The number of unbranched alkanes of at least 4 members (excludes halogenated alkanes) is 31. The highest BCUT2D eigenvalue weighted by atomic mass is 16.5. The molecule has 0 unspecified atom stereocenters. The zero-order valence-electron chi connectivity index (χ0n) is 32.1.